The Kier molecular flexibility index (Phi) is 3.71. The van der Waals surface area contributed by atoms with Gasteiger partial charge in [-0.05, 0) is 0 Å². The summed E-state index contributed by atoms with van der Waals surface area (Å²) in [4.78, 5) is 27.3. The maximum absolute atomic E-state index is 12.8. The van der Waals surface area contributed by atoms with Gasteiger partial charge in [-0.2, -0.15) is 0 Å². The number of carbonyl (C=O) groups is 2. The maximum Gasteiger partial charge on any atom is 0.228 e. The molecule has 2 aliphatic rings. The molecule has 2 aliphatic heterocycles. The third-order valence-electron chi connectivity index (χ3n) is 4.19. The second kappa shape index (κ2) is 4.81. The van der Waals surface area contributed by atoms with Gasteiger partial charge in [-0.3, -0.25) is 20.4 Å². The third-order valence-corrected chi connectivity index (χ3v) is 4.19. The number of carbonyl (C=O) groups excluding carboxylic acids is 2. The fourth-order valence-electron chi connectivity index (χ4n) is 3.05. The van der Waals surface area contributed by atoms with E-state index in [9.17, 15) is 9.59 Å². The molecular formula is C15H27N3O2. The lowest BCUT2D eigenvalue weighted by molar-refractivity contribution is -0.147. The van der Waals surface area contributed by atoms with Gasteiger partial charge in [0, 0.05) is 35.9 Å². The molecule has 3 atom stereocenters. The Bertz CT molecular complexity index is 420. The monoisotopic (exact) mass is 281 g/mol. The summed E-state index contributed by atoms with van der Waals surface area (Å²) < 4.78 is 0. The molecular weight excluding hydrogens is 254 g/mol. The fraction of sp³-hybridized carbons (Fsp3) is 0.867. The van der Waals surface area contributed by atoms with Crippen LogP contribution in [0, 0.1) is 16.7 Å². The van der Waals surface area contributed by atoms with Crippen LogP contribution in [0.4, 0.5) is 0 Å². The van der Waals surface area contributed by atoms with Crippen molar-refractivity contribution in [3.05, 3.63) is 0 Å². The van der Waals surface area contributed by atoms with Crippen LogP contribution in [-0.4, -0.2) is 41.8 Å². The normalized spacial score (nSPS) is 30.5. The first-order valence-corrected chi connectivity index (χ1v) is 7.37. The molecule has 0 radical (unpaired) electrons. The van der Waals surface area contributed by atoms with Crippen molar-refractivity contribution in [1.82, 2.24) is 15.8 Å². The number of hydrazine groups is 1. The highest BCUT2D eigenvalue weighted by Crippen LogP contribution is 2.35. The van der Waals surface area contributed by atoms with E-state index in [1.54, 1.807) is 4.90 Å². The van der Waals surface area contributed by atoms with Crippen LogP contribution in [0.25, 0.3) is 0 Å². The largest absolute Gasteiger partial charge is 0.330 e. The number of fused-ring (bicyclic) bond motifs is 1. The quantitative estimate of drug-likeness (QED) is 0.751. The Morgan fingerprint density at radius 3 is 2.15 bits per heavy atom. The van der Waals surface area contributed by atoms with Gasteiger partial charge >= 0.3 is 0 Å². The van der Waals surface area contributed by atoms with Crippen LogP contribution < -0.4 is 10.9 Å². The van der Waals surface area contributed by atoms with Gasteiger partial charge in [0.05, 0.1) is 6.04 Å². The standard InChI is InChI=1S/C15H27N3O2/c1-14(2,3)12(19)11-9-7-16-17-10(9)8-18(11)13(20)15(4,5)6/h9-11,16-17H,7-8H2,1-6H3. The fourth-order valence-corrected chi connectivity index (χ4v) is 3.05. The summed E-state index contributed by atoms with van der Waals surface area (Å²) in [5.74, 6) is 0.400. The average molecular weight is 281 g/mol. The molecule has 5 nitrogen and oxygen atoms in total. The number of Topliss-reactive ketones (excluding diaryl/α,β-unsaturated/α-hetero) is 1. The molecule has 3 unspecified atom stereocenters. The first-order valence-electron chi connectivity index (χ1n) is 7.37. The van der Waals surface area contributed by atoms with Crippen molar-refractivity contribution >= 4 is 11.7 Å². The van der Waals surface area contributed by atoms with Crippen molar-refractivity contribution in [1.29, 1.82) is 0 Å². The molecule has 0 aliphatic carbocycles. The predicted molar refractivity (Wildman–Crippen MR) is 77.8 cm³/mol. The predicted octanol–water partition coefficient (Wildman–Crippen LogP) is 0.951. The maximum atomic E-state index is 12.8. The Balaban J connectivity index is 2.31. The van der Waals surface area contributed by atoms with E-state index < -0.39 is 10.8 Å². The van der Waals surface area contributed by atoms with Crippen molar-refractivity contribution in [3.63, 3.8) is 0 Å². The highest BCUT2D eigenvalue weighted by Gasteiger charge is 2.52. The smallest absolute Gasteiger partial charge is 0.228 e. The van der Waals surface area contributed by atoms with Gasteiger partial charge in [0.15, 0.2) is 5.78 Å². The van der Waals surface area contributed by atoms with Crippen molar-refractivity contribution in [2.75, 3.05) is 13.1 Å². The Morgan fingerprint density at radius 2 is 1.65 bits per heavy atom. The van der Waals surface area contributed by atoms with Crippen LogP contribution in [0.1, 0.15) is 41.5 Å². The van der Waals surface area contributed by atoms with Gasteiger partial charge in [0.2, 0.25) is 5.91 Å². The molecule has 2 N–H and O–H groups in total. The van der Waals surface area contributed by atoms with Gasteiger partial charge in [0.1, 0.15) is 0 Å². The molecule has 20 heavy (non-hydrogen) atoms. The van der Waals surface area contributed by atoms with Gasteiger partial charge in [0.25, 0.3) is 0 Å². The van der Waals surface area contributed by atoms with E-state index in [1.165, 1.54) is 0 Å². The summed E-state index contributed by atoms with van der Waals surface area (Å²) in [5, 5.41) is 0. The van der Waals surface area contributed by atoms with Crippen LogP contribution in [0.15, 0.2) is 0 Å². The highest BCUT2D eigenvalue weighted by atomic mass is 16.2. The second-order valence-corrected chi connectivity index (χ2v) is 8.06. The van der Waals surface area contributed by atoms with E-state index in [0.717, 1.165) is 6.54 Å². The van der Waals surface area contributed by atoms with E-state index >= 15 is 0 Å². The summed E-state index contributed by atoms with van der Waals surface area (Å²) in [6, 6.07) is -0.133. The van der Waals surface area contributed by atoms with Crippen LogP contribution in [-0.2, 0) is 9.59 Å². The lowest BCUT2D eigenvalue weighted by atomic mass is 9.81. The minimum Gasteiger partial charge on any atom is -0.330 e. The number of likely N-dealkylation sites (tertiary alicyclic amines) is 1. The van der Waals surface area contributed by atoms with E-state index in [0.29, 0.717) is 6.54 Å². The van der Waals surface area contributed by atoms with Gasteiger partial charge in [-0.15, -0.1) is 0 Å². The van der Waals surface area contributed by atoms with Crippen molar-refractivity contribution < 1.29 is 9.59 Å². The number of rotatable bonds is 1. The van der Waals surface area contributed by atoms with Gasteiger partial charge in [-0.1, -0.05) is 41.5 Å². The molecule has 0 aromatic carbocycles. The molecule has 0 spiro atoms. The minimum atomic E-state index is -0.456. The van der Waals surface area contributed by atoms with E-state index in [-0.39, 0.29) is 29.7 Å². The average Bonchev–Trinajstić information content (AvgIpc) is 2.83. The van der Waals surface area contributed by atoms with Gasteiger partial charge in [-0.25, -0.2) is 0 Å². The number of nitrogens with one attached hydrogen (secondary N) is 2. The van der Waals surface area contributed by atoms with Crippen LogP contribution in [0.2, 0.25) is 0 Å². The van der Waals surface area contributed by atoms with E-state index in [2.05, 4.69) is 10.9 Å². The molecule has 2 heterocycles. The number of hydrogen-bond donors (Lipinski definition) is 2. The molecule has 0 aromatic heterocycles. The molecule has 1 amide bonds. The van der Waals surface area contributed by atoms with Crippen LogP contribution >= 0.6 is 0 Å². The van der Waals surface area contributed by atoms with Crippen LogP contribution in [0.3, 0.4) is 0 Å². The van der Waals surface area contributed by atoms with E-state index in [4.69, 9.17) is 0 Å². The lowest BCUT2D eigenvalue weighted by Crippen LogP contribution is -2.51. The van der Waals surface area contributed by atoms with Crippen molar-refractivity contribution in [2.24, 2.45) is 16.7 Å². The van der Waals surface area contributed by atoms with Crippen molar-refractivity contribution in [3.8, 4) is 0 Å². The SMILES string of the molecule is CC(C)(C)C(=O)C1C2CNNC2CN1C(=O)C(C)(C)C. The Hall–Kier alpha value is -0.940. The Morgan fingerprint density at radius 1 is 1.05 bits per heavy atom. The molecule has 114 valence electrons. The molecule has 0 bridgehead atoms. The number of nitrogens with zero attached hydrogens (tertiary/aromatic N) is 1. The number of hydrogen-bond acceptors (Lipinski definition) is 4. The number of ketones is 1. The molecule has 2 fully saturated rings. The molecule has 0 saturated carbocycles. The first kappa shape index (κ1) is 15.4. The zero-order chi connectivity index (χ0) is 15.3. The molecule has 5 heteroatoms. The van der Waals surface area contributed by atoms with Crippen LogP contribution in [0.5, 0.6) is 0 Å². The zero-order valence-electron chi connectivity index (χ0n) is 13.4. The summed E-state index contributed by atoms with van der Waals surface area (Å²) in [6.45, 7) is 12.9. The molecule has 2 rings (SSSR count). The summed E-state index contributed by atoms with van der Waals surface area (Å²) in [5.41, 5.74) is 5.43. The summed E-state index contributed by atoms with van der Waals surface area (Å²) in [6.07, 6.45) is 0. The number of amides is 1. The Labute approximate surface area is 121 Å². The lowest BCUT2D eigenvalue weighted by Gasteiger charge is -2.35. The molecule has 0 aromatic rings. The topological polar surface area (TPSA) is 61.4 Å². The summed E-state index contributed by atoms with van der Waals surface area (Å²) >= 11 is 0. The first-order chi connectivity index (χ1) is 9.03. The second-order valence-electron chi connectivity index (χ2n) is 8.06. The van der Waals surface area contributed by atoms with Gasteiger partial charge < -0.3 is 4.90 Å². The highest BCUT2D eigenvalue weighted by molar-refractivity contribution is 5.94. The molecule has 2 saturated heterocycles. The summed E-state index contributed by atoms with van der Waals surface area (Å²) in [7, 11) is 0. The minimum absolute atomic E-state index is 0.0660. The van der Waals surface area contributed by atoms with E-state index in [1.807, 2.05) is 41.5 Å². The van der Waals surface area contributed by atoms with Crippen molar-refractivity contribution in [2.45, 2.75) is 53.6 Å². The third kappa shape index (κ3) is 2.61. The zero-order valence-corrected chi connectivity index (χ0v) is 13.4.